The molecule has 106 valence electrons. The minimum absolute atomic E-state index is 0.144. The first-order chi connectivity index (χ1) is 9.61. The van der Waals surface area contributed by atoms with Crippen LogP contribution >= 0.6 is 0 Å². The molecule has 2 rings (SSSR count). The Kier molecular flexibility index (Phi) is 4.53. The monoisotopic (exact) mass is 272 g/mol. The van der Waals surface area contributed by atoms with Crippen molar-refractivity contribution in [3.05, 3.63) is 36.0 Å². The van der Waals surface area contributed by atoms with E-state index in [9.17, 15) is 4.79 Å². The third-order valence-corrected chi connectivity index (χ3v) is 3.06. The molecule has 1 aromatic carbocycles. The molecule has 0 radical (unpaired) electrons. The Morgan fingerprint density at radius 3 is 2.75 bits per heavy atom. The molecule has 0 unspecified atom stereocenters. The average molecular weight is 272 g/mol. The predicted octanol–water partition coefficient (Wildman–Crippen LogP) is 1.57. The van der Waals surface area contributed by atoms with E-state index < -0.39 is 0 Å². The summed E-state index contributed by atoms with van der Waals surface area (Å²) in [6.07, 6.45) is 0. The zero-order valence-corrected chi connectivity index (χ0v) is 12.1. The zero-order valence-electron chi connectivity index (χ0n) is 12.1. The van der Waals surface area contributed by atoms with Gasteiger partial charge in [-0.2, -0.15) is 0 Å². The number of nitrogens with zero attached hydrogens (tertiary/aromatic N) is 2. The Labute approximate surface area is 119 Å². The summed E-state index contributed by atoms with van der Waals surface area (Å²) in [4.78, 5) is 18.6. The van der Waals surface area contributed by atoms with Gasteiger partial charge in [0, 0.05) is 31.2 Å². The lowest BCUT2D eigenvalue weighted by molar-refractivity contribution is 0.0946. The second kappa shape index (κ2) is 6.34. The Hall–Kier alpha value is -2.14. The normalized spacial score (nSPS) is 10.8. The van der Waals surface area contributed by atoms with E-state index in [0.29, 0.717) is 12.2 Å². The van der Waals surface area contributed by atoms with Gasteiger partial charge in [0.1, 0.15) is 5.69 Å². The molecule has 1 aromatic heterocycles. The van der Waals surface area contributed by atoms with Crippen molar-refractivity contribution in [2.24, 2.45) is 0 Å². The second-order valence-electron chi connectivity index (χ2n) is 4.88. The summed E-state index contributed by atoms with van der Waals surface area (Å²) in [7, 11) is 5.79. The van der Waals surface area contributed by atoms with E-state index in [1.54, 1.807) is 6.07 Å². The number of carbonyl (C=O) groups is 1. The minimum atomic E-state index is -0.144. The maximum atomic E-state index is 12.1. The molecule has 0 aliphatic carbocycles. The highest BCUT2D eigenvalue weighted by molar-refractivity contribution is 5.99. The predicted molar refractivity (Wildman–Crippen MR) is 82.2 cm³/mol. The number of amides is 1. The van der Waals surface area contributed by atoms with Crippen molar-refractivity contribution in [1.82, 2.24) is 15.2 Å². The summed E-state index contributed by atoms with van der Waals surface area (Å²) >= 11 is 0. The Balaban J connectivity index is 2.23. The van der Waals surface area contributed by atoms with Gasteiger partial charge >= 0.3 is 0 Å². The molecule has 0 atom stereocenters. The van der Waals surface area contributed by atoms with Crippen LogP contribution < -0.4 is 10.6 Å². The molecular formula is C15H20N4O. The molecule has 0 bridgehead atoms. The number of benzene rings is 1. The van der Waals surface area contributed by atoms with Crippen molar-refractivity contribution in [3.63, 3.8) is 0 Å². The van der Waals surface area contributed by atoms with Gasteiger partial charge in [0.05, 0.1) is 5.52 Å². The molecule has 20 heavy (non-hydrogen) atoms. The van der Waals surface area contributed by atoms with Crippen LogP contribution in [0.4, 0.5) is 5.69 Å². The third kappa shape index (κ3) is 3.24. The number of aromatic nitrogens is 1. The van der Waals surface area contributed by atoms with Gasteiger partial charge in [-0.05, 0) is 26.2 Å². The Morgan fingerprint density at radius 2 is 2.05 bits per heavy atom. The van der Waals surface area contributed by atoms with Crippen molar-refractivity contribution in [1.29, 1.82) is 0 Å². The number of para-hydroxylation sites is 1. The average Bonchev–Trinajstić information content (AvgIpc) is 2.45. The molecule has 0 aliphatic heterocycles. The lowest BCUT2D eigenvalue weighted by atomic mass is 10.1. The van der Waals surface area contributed by atoms with Crippen LogP contribution in [0.2, 0.25) is 0 Å². The van der Waals surface area contributed by atoms with E-state index >= 15 is 0 Å². The number of carbonyl (C=O) groups excluding carboxylic acids is 1. The van der Waals surface area contributed by atoms with E-state index in [0.717, 1.165) is 23.1 Å². The van der Waals surface area contributed by atoms with Gasteiger partial charge in [0.15, 0.2) is 0 Å². The van der Waals surface area contributed by atoms with Crippen molar-refractivity contribution < 1.29 is 4.79 Å². The van der Waals surface area contributed by atoms with E-state index in [4.69, 9.17) is 0 Å². The summed E-state index contributed by atoms with van der Waals surface area (Å²) in [6.45, 7) is 1.41. The van der Waals surface area contributed by atoms with Crippen LogP contribution in [-0.4, -0.2) is 50.0 Å². The first-order valence-electron chi connectivity index (χ1n) is 6.62. The third-order valence-electron chi connectivity index (χ3n) is 3.06. The molecule has 5 heteroatoms. The molecule has 2 aromatic rings. The first kappa shape index (κ1) is 14.3. The van der Waals surface area contributed by atoms with Gasteiger partial charge in [-0.1, -0.05) is 18.2 Å². The number of hydrogen-bond donors (Lipinski definition) is 2. The Bertz CT molecular complexity index is 610. The molecule has 0 fully saturated rings. The molecule has 0 aliphatic rings. The van der Waals surface area contributed by atoms with E-state index in [1.165, 1.54) is 0 Å². The molecule has 0 saturated heterocycles. The number of hydrogen-bond acceptors (Lipinski definition) is 4. The number of likely N-dealkylation sites (N-methyl/N-ethyl adjacent to an activating group) is 1. The van der Waals surface area contributed by atoms with Crippen LogP contribution in [0.3, 0.4) is 0 Å². The number of rotatable bonds is 5. The number of nitrogens with one attached hydrogen (secondary N) is 2. The fourth-order valence-corrected chi connectivity index (χ4v) is 1.98. The van der Waals surface area contributed by atoms with Crippen molar-refractivity contribution >= 4 is 22.5 Å². The highest BCUT2D eigenvalue weighted by atomic mass is 16.1. The fourth-order valence-electron chi connectivity index (χ4n) is 1.98. The summed E-state index contributed by atoms with van der Waals surface area (Å²) < 4.78 is 0. The van der Waals surface area contributed by atoms with Gasteiger partial charge in [-0.25, -0.2) is 4.98 Å². The topological polar surface area (TPSA) is 57.3 Å². The van der Waals surface area contributed by atoms with E-state index in [1.807, 2.05) is 50.3 Å². The molecule has 1 amide bonds. The molecule has 5 nitrogen and oxygen atoms in total. The van der Waals surface area contributed by atoms with Gasteiger partial charge < -0.3 is 15.5 Å². The number of anilines is 1. The lowest BCUT2D eigenvalue weighted by Gasteiger charge is -2.11. The van der Waals surface area contributed by atoms with E-state index in [2.05, 4.69) is 15.6 Å². The largest absolute Gasteiger partial charge is 0.388 e. The van der Waals surface area contributed by atoms with Crippen molar-refractivity contribution in [2.75, 3.05) is 39.5 Å². The van der Waals surface area contributed by atoms with Gasteiger partial charge in [-0.3, -0.25) is 4.79 Å². The molecule has 1 heterocycles. The van der Waals surface area contributed by atoms with Crippen LogP contribution in [0.25, 0.3) is 10.9 Å². The van der Waals surface area contributed by atoms with Crippen LogP contribution in [-0.2, 0) is 0 Å². The Morgan fingerprint density at radius 1 is 1.30 bits per heavy atom. The standard InChI is InChI=1S/C15H20N4O/c1-16-13-10-14(15(20)17-8-9-19(2)3)18-12-7-5-4-6-11(12)13/h4-7,10H,8-9H2,1-3H3,(H,16,18)(H,17,20). The second-order valence-corrected chi connectivity index (χ2v) is 4.88. The maximum absolute atomic E-state index is 12.1. The molecule has 0 spiro atoms. The molecule has 2 N–H and O–H groups in total. The van der Waals surface area contributed by atoms with Gasteiger partial charge in [-0.15, -0.1) is 0 Å². The van der Waals surface area contributed by atoms with Crippen LogP contribution in [0.5, 0.6) is 0 Å². The lowest BCUT2D eigenvalue weighted by Crippen LogP contribution is -2.31. The van der Waals surface area contributed by atoms with Crippen LogP contribution in [0, 0.1) is 0 Å². The summed E-state index contributed by atoms with van der Waals surface area (Å²) in [5, 5.41) is 7.00. The summed E-state index contributed by atoms with van der Waals surface area (Å²) in [5.74, 6) is -0.144. The number of fused-ring (bicyclic) bond motifs is 1. The number of pyridine rings is 1. The summed E-state index contributed by atoms with van der Waals surface area (Å²) in [5.41, 5.74) is 2.16. The van der Waals surface area contributed by atoms with Crippen LogP contribution in [0.1, 0.15) is 10.5 Å². The minimum Gasteiger partial charge on any atom is -0.388 e. The highest BCUT2D eigenvalue weighted by Crippen LogP contribution is 2.22. The van der Waals surface area contributed by atoms with Crippen molar-refractivity contribution in [3.8, 4) is 0 Å². The smallest absolute Gasteiger partial charge is 0.270 e. The van der Waals surface area contributed by atoms with Gasteiger partial charge in [0.25, 0.3) is 5.91 Å². The van der Waals surface area contributed by atoms with Crippen LogP contribution in [0.15, 0.2) is 30.3 Å². The molecule has 0 saturated carbocycles. The highest BCUT2D eigenvalue weighted by Gasteiger charge is 2.10. The molecular weight excluding hydrogens is 252 g/mol. The van der Waals surface area contributed by atoms with Crippen molar-refractivity contribution in [2.45, 2.75) is 0 Å². The summed E-state index contributed by atoms with van der Waals surface area (Å²) in [6, 6.07) is 9.56. The maximum Gasteiger partial charge on any atom is 0.270 e. The first-order valence-corrected chi connectivity index (χ1v) is 6.62. The van der Waals surface area contributed by atoms with E-state index in [-0.39, 0.29) is 5.91 Å². The quantitative estimate of drug-likeness (QED) is 0.867. The van der Waals surface area contributed by atoms with Gasteiger partial charge in [0.2, 0.25) is 0 Å². The SMILES string of the molecule is CNc1cc(C(=O)NCCN(C)C)nc2ccccc12. The fraction of sp³-hybridized carbons (Fsp3) is 0.333. The zero-order chi connectivity index (χ0) is 14.5.